The summed E-state index contributed by atoms with van der Waals surface area (Å²) in [7, 11) is 1.62. The lowest BCUT2D eigenvalue weighted by atomic mass is 9.97. The molecule has 0 radical (unpaired) electrons. The van der Waals surface area contributed by atoms with Crippen LogP contribution in [0.2, 0.25) is 0 Å². The Balaban J connectivity index is 1.72. The highest BCUT2D eigenvalue weighted by atomic mass is 79.9. The topological polar surface area (TPSA) is 59.8 Å². The fraction of sp³-hybridized carbons (Fsp3) is 0.185. The molecule has 0 N–H and O–H groups in total. The fourth-order valence-electron chi connectivity index (χ4n) is 4.59. The molecule has 6 heteroatoms. The SMILES string of the molecule is COc1ccc(CN2C(=O)c3oc4c(C)cc(C)cc4c(=O)c3C2c2cccc(Br)c2)cc1. The van der Waals surface area contributed by atoms with Crippen molar-refractivity contribution in [3.63, 3.8) is 0 Å². The lowest BCUT2D eigenvalue weighted by Gasteiger charge is -2.25. The number of nitrogens with zero attached hydrogens (tertiary/aromatic N) is 1. The van der Waals surface area contributed by atoms with Gasteiger partial charge in [-0.3, -0.25) is 9.59 Å². The number of amides is 1. The number of aryl methyl sites for hydroxylation is 2. The summed E-state index contributed by atoms with van der Waals surface area (Å²) in [4.78, 5) is 29.1. The van der Waals surface area contributed by atoms with Crippen molar-refractivity contribution in [3.05, 3.63) is 109 Å². The first-order valence-electron chi connectivity index (χ1n) is 10.6. The molecule has 0 saturated carbocycles. The smallest absolute Gasteiger partial charge is 0.291 e. The number of carbonyl (C=O) groups excluding carboxylic acids is 1. The summed E-state index contributed by atoms with van der Waals surface area (Å²) in [6.45, 7) is 4.18. The number of carbonyl (C=O) groups is 1. The van der Waals surface area contributed by atoms with Gasteiger partial charge in [0.25, 0.3) is 5.91 Å². The van der Waals surface area contributed by atoms with Crippen molar-refractivity contribution in [1.29, 1.82) is 0 Å². The maximum absolute atomic E-state index is 13.8. The van der Waals surface area contributed by atoms with E-state index in [1.54, 1.807) is 12.0 Å². The van der Waals surface area contributed by atoms with E-state index >= 15 is 0 Å². The van der Waals surface area contributed by atoms with Crippen LogP contribution in [0.4, 0.5) is 0 Å². The molecule has 5 rings (SSSR count). The Hall–Kier alpha value is -3.38. The number of rotatable bonds is 4. The van der Waals surface area contributed by atoms with E-state index in [1.165, 1.54) is 0 Å². The number of hydrogen-bond donors (Lipinski definition) is 0. The third kappa shape index (κ3) is 3.64. The van der Waals surface area contributed by atoms with E-state index in [4.69, 9.17) is 9.15 Å². The zero-order valence-corrected chi connectivity index (χ0v) is 20.1. The van der Waals surface area contributed by atoms with Crippen molar-refractivity contribution >= 4 is 32.8 Å². The molecule has 1 amide bonds. The van der Waals surface area contributed by atoms with Crippen molar-refractivity contribution in [2.24, 2.45) is 0 Å². The molecule has 1 aliphatic rings. The maximum Gasteiger partial charge on any atom is 0.291 e. The Bertz CT molecular complexity index is 1460. The van der Waals surface area contributed by atoms with E-state index in [1.807, 2.05) is 74.5 Å². The van der Waals surface area contributed by atoms with Crippen molar-refractivity contribution in [3.8, 4) is 5.75 Å². The Morgan fingerprint density at radius 3 is 2.48 bits per heavy atom. The van der Waals surface area contributed by atoms with E-state index in [0.717, 1.165) is 32.5 Å². The van der Waals surface area contributed by atoms with Gasteiger partial charge in [-0.05, 0) is 66.4 Å². The molecular formula is C27H22BrNO4. The van der Waals surface area contributed by atoms with Crippen LogP contribution >= 0.6 is 15.9 Å². The van der Waals surface area contributed by atoms with Gasteiger partial charge in [-0.15, -0.1) is 0 Å². The van der Waals surface area contributed by atoms with Gasteiger partial charge in [0.05, 0.1) is 24.1 Å². The molecule has 0 saturated heterocycles. The van der Waals surface area contributed by atoms with E-state index in [0.29, 0.717) is 23.1 Å². The quantitative estimate of drug-likeness (QED) is 0.346. The van der Waals surface area contributed by atoms with Crippen molar-refractivity contribution in [2.45, 2.75) is 26.4 Å². The minimum absolute atomic E-state index is 0.123. The summed E-state index contributed by atoms with van der Waals surface area (Å²) in [5, 5.41) is 0.505. The minimum Gasteiger partial charge on any atom is -0.497 e. The summed E-state index contributed by atoms with van der Waals surface area (Å²) in [6, 6.07) is 18.5. The van der Waals surface area contributed by atoms with Crippen molar-refractivity contribution < 1.29 is 13.9 Å². The highest BCUT2D eigenvalue weighted by Gasteiger charge is 2.42. The maximum atomic E-state index is 13.8. The highest BCUT2D eigenvalue weighted by Crippen LogP contribution is 2.40. The first kappa shape index (κ1) is 21.5. The molecule has 0 bridgehead atoms. The molecule has 4 aromatic rings. The average molecular weight is 504 g/mol. The van der Waals surface area contributed by atoms with Crippen LogP contribution in [0.5, 0.6) is 5.75 Å². The van der Waals surface area contributed by atoms with E-state index < -0.39 is 6.04 Å². The zero-order chi connectivity index (χ0) is 23.3. The number of benzene rings is 3. The second kappa shape index (κ2) is 8.19. The first-order chi connectivity index (χ1) is 15.9. The third-order valence-corrected chi connectivity index (χ3v) is 6.57. The van der Waals surface area contributed by atoms with Gasteiger partial charge >= 0.3 is 0 Å². The molecule has 1 unspecified atom stereocenters. The largest absolute Gasteiger partial charge is 0.497 e. The van der Waals surface area contributed by atoms with Crippen LogP contribution in [0.25, 0.3) is 11.0 Å². The number of methoxy groups -OCH3 is 1. The molecule has 166 valence electrons. The van der Waals surface area contributed by atoms with Gasteiger partial charge in [-0.2, -0.15) is 0 Å². The summed E-state index contributed by atoms with van der Waals surface area (Å²) >= 11 is 3.53. The molecule has 1 aliphatic heterocycles. The van der Waals surface area contributed by atoms with Crippen LogP contribution in [-0.2, 0) is 6.54 Å². The predicted octanol–water partition coefficient (Wildman–Crippen LogP) is 5.93. The minimum atomic E-state index is -0.548. The lowest BCUT2D eigenvalue weighted by Crippen LogP contribution is -2.29. The van der Waals surface area contributed by atoms with Crippen LogP contribution in [0.1, 0.15) is 44.4 Å². The normalized spacial score (nSPS) is 15.2. The standard InChI is InChI=1S/C27H22BrNO4/c1-15-11-16(2)25-21(12-15)24(30)22-23(18-5-4-6-19(28)13-18)29(27(31)26(22)33-25)14-17-7-9-20(32-3)10-8-17/h4-13,23H,14H2,1-3H3. The molecule has 1 aromatic heterocycles. The predicted molar refractivity (Wildman–Crippen MR) is 131 cm³/mol. The highest BCUT2D eigenvalue weighted by molar-refractivity contribution is 9.10. The number of fused-ring (bicyclic) bond motifs is 2. The molecule has 33 heavy (non-hydrogen) atoms. The molecule has 0 fully saturated rings. The van der Waals surface area contributed by atoms with Crippen LogP contribution in [0.15, 0.2) is 74.3 Å². The van der Waals surface area contributed by atoms with Crippen molar-refractivity contribution in [1.82, 2.24) is 4.90 Å². The number of ether oxygens (including phenoxy) is 1. The summed E-state index contributed by atoms with van der Waals surface area (Å²) < 4.78 is 12.3. The van der Waals surface area contributed by atoms with Gasteiger partial charge < -0.3 is 14.1 Å². The van der Waals surface area contributed by atoms with Gasteiger partial charge in [-0.25, -0.2) is 0 Å². The third-order valence-electron chi connectivity index (χ3n) is 6.07. The first-order valence-corrected chi connectivity index (χ1v) is 11.4. The Morgan fingerprint density at radius 1 is 1.03 bits per heavy atom. The second-order valence-electron chi connectivity index (χ2n) is 8.37. The fourth-order valence-corrected chi connectivity index (χ4v) is 5.01. The molecule has 1 atom stereocenters. The van der Waals surface area contributed by atoms with E-state index in [-0.39, 0.29) is 17.1 Å². The summed E-state index contributed by atoms with van der Waals surface area (Å²) in [5.41, 5.74) is 4.30. The van der Waals surface area contributed by atoms with Gasteiger partial charge in [0.2, 0.25) is 5.76 Å². The Labute approximate surface area is 199 Å². The van der Waals surface area contributed by atoms with Gasteiger partial charge in [0, 0.05) is 11.0 Å². The number of halogens is 1. The van der Waals surface area contributed by atoms with Crippen LogP contribution in [0, 0.1) is 13.8 Å². The lowest BCUT2D eigenvalue weighted by molar-refractivity contribution is 0.0714. The monoisotopic (exact) mass is 503 g/mol. The Morgan fingerprint density at radius 2 is 1.79 bits per heavy atom. The van der Waals surface area contributed by atoms with Crippen LogP contribution in [0.3, 0.4) is 0 Å². The molecule has 3 aromatic carbocycles. The molecule has 5 nitrogen and oxygen atoms in total. The number of hydrogen-bond acceptors (Lipinski definition) is 4. The molecule has 2 heterocycles. The average Bonchev–Trinajstić information content (AvgIpc) is 3.07. The zero-order valence-electron chi connectivity index (χ0n) is 18.5. The second-order valence-corrected chi connectivity index (χ2v) is 9.29. The molecule has 0 aliphatic carbocycles. The van der Waals surface area contributed by atoms with Crippen molar-refractivity contribution in [2.75, 3.05) is 7.11 Å². The van der Waals surface area contributed by atoms with E-state index in [2.05, 4.69) is 15.9 Å². The molecular weight excluding hydrogens is 482 g/mol. The van der Waals surface area contributed by atoms with Crippen LogP contribution in [-0.4, -0.2) is 17.9 Å². The van der Waals surface area contributed by atoms with Gasteiger partial charge in [-0.1, -0.05) is 46.3 Å². The molecule has 0 spiro atoms. The van der Waals surface area contributed by atoms with Gasteiger partial charge in [0.15, 0.2) is 5.43 Å². The van der Waals surface area contributed by atoms with Crippen LogP contribution < -0.4 is 10.2 Å². The van der Waals surface area contributed by atoms with E-state index in [9.17, 15) is 9.59 Å². The Kier molecular flexibility index (Phi) is 5.33. The summed E-state index contributed by atoms with van der Waals surface area (Å²) in [5.74, 6) is 0.579. The van der Waals surface area contributed by atoms with Gasteiger partial charge in [0.1, 0.15) is 11.3 Å². The summed E-state index contributed by atoms with van der Waals surface area (Å²) in [6.07, 6.45) is 0.